The molecule has 0 saturated carbocycles. The minimum Gasteiger partial charge on any atom is -0.462 e. The lowest BCUT2D eigenvalue weighted by atomic mass is 10.0. The molecule has 0 rings (SSSR count). The maximum absolute atomic E-state index is 12.8. The van der Waals surface area contributed by atoms with Gasteiger partial charge in [-0.1, -0.05) is 259 Å². The molecule has 0 aromatic rings. The van der Waals surface area contributed by atoms with Crippen molar-refractivity contribution >= 4 is 17.9 Å². The molecule has 0 bridgehead atoms. The predicted octanol–water partition coefficient (Wildman–Crippen LogP) is 17.3. The monoisotopic (exact) mass is 849 g/mol. The minimum absolute atomic E-state index is 0.0633. The van der Waals surface area contributed by atoms with Crippen LogP contribution in [-0.2, 0) is 28.6 Å². The van der Waals surface area contributed by atoms with E-state index in [1.165, 1.54) is 186 Å². The van der Waals surface area contributed by atoms with Crippen LogP contribution in [0.2, 0.25) is 0 Å². The van der Waals surface area contributed by atoms with Gasteiger partial charge in [0.05, 0.1) is 0 Å². The summed E-state index contributed by atoms with van der Waals surface area (Å²) >= 11 is 0. The molecule has 0 fully saturated rings. The summed E-state index contributed by atoms with van der Waals surface area (Å²) in [4.78, 5) is 38.0. The highest BCUT2D eigenvalue weighted by Crippen LogP contribution is 2.17. The Morgan fingerprint density at radius 1 is 0.317 bits per heavy atom. The largest absolute Gasteiger partial charge is 0.462 e. The molecule has 0 amide bonds. The van der Waals surface area contributed by atoms with Gasteiger partial charge in [-0.25, -0.2) is 0 Å². The number of ether oxygens (including phenoxy) is 3. The van der Waals surface area contributed by atoms with E-state index in [4.69, 9.17) is 14.2 Å². The second-order valence-electron chi connectivity index (χ2n) is 19.5. The van der Waals surface area contributed by atoms with Gasteiger partial charge in [-0.15, -0.1) is 0 Å². The molecule has 0 heterocycles. The molecule has 0 aliphatic carbocycles. The number of unbranched alkanes of at least 4 members (excludes halogenated alkanes) is 33. The third kappa shape index (κ3) is 47.5. The molecule has 60 heavy (non-hydrogen) atoms. The summed E-state index contributed by atoms with van der Waals surface area (Å²) in [5.74, 6) is 0.820. The lowest BCUT2D eigenvalue weighted by Gasteiger charge is -2.18. The van der Waals surface area contributed by atoms with Crippen LogP contribution in [0, 0.1) is 11.8 Å². The van der Waals surface area contributed by atoms with Crippen molar-refractivity contribution in [2.75, 3.05) is 13.2 Å². The fourth-order valence-corrected chi connectivity index (χ4v) is 8.17. The van der Waals surface area contributed by atoms with Crippen LogP contribution in [0.1, 0.15) is 298 Å². The molecule has 0 aliphatic rings. The first-order valence-electron chi connectivity index (χ1n) is 26.7. The summed E-state index contributed by atoms with van der Waals surface area (Å²) in [6, 6.07) is 0. The molecule has 0 unspecified atom stereocenters. The number of hydrogen-bond acceptors (Lipinski definition) is 6. The molecular formula is C54H104O6. The van der Waals surface area contributed by atoms with Gasteiger partial charge in [-0.2, -0.15) is 0 Å². The standard InChI is InChI=1S/C54H104O6/c1-6-7-8-9-10-11-12-19-24-29-34-39-44-52(55)58-47-51(48-59-53(56)45-40-35-30-25-21-16-18-23-28-33-38-43-50(4)5)60-54(57)46-41-36-31-26-20-15-13-14-17-22-27-32-37-42-49(2)3/h49-51H,6-48H2,1-5H3/t51-/m0/s1. The summed E-state index contributed by atoms with van der Waals surface area (Å²) in [5.41, 5.74) is 0. The van der Waals surface area contributed by atoms with Crippen LogP contribution in [0.5, 0.6) is 0 Å². The molecule has 0 saturated heterocycles. The van der Waals surface area contributed by atoms with Gasteiger partial charge in [0.15, 0.2) is 6.10 Å². The SMILES string of the molecule is CCCCCCCCCCCCCCC(=O)OC[C@@H](COC(=O)CCCCCCCCCCCCCC(C)C)OC(=O)CCCCCCCCCCCCCCCC(C)C. The van der Waals surface area contributed by atoms with Gasteiger partial charge < -0.3 is 14.2 Å². The smallest absolute Gasteiger partial charge is 0.306 e. The van der Waals surface area contributed by atoms with Gasteiger partial charge in [-0.05, 0) is 31.1 Å². The van der Waals surface area contributed by atoms with Gasteiger partial charge in [0.25, 0.3) is 0 Å². The van der Waals surface area contributed by atoms with Gasteiger partial charge in [-0.3, -0.25) is 14.4 Å². The normalized spacial score (nSPS) is 12.1. The van der Waals surface area contributed by atoms with Crippen molar-refractivity contribution in [1.82, 2.24) is 0 Å². The minimum atomic E-state index is -0.761. The zero-order chi connectivity index (χ0) is 44.0. The summed E-state index contributed by atoms with van der Waals surface area (Å²) in [6.45, 7) is 11.4. The van der Waals surface area contributed by atoms with Crippen LogP contribution in [0.15, 0.2) is 0 Å². The molecule has 356 valence electrons. The number of hydrogen-bond donors (Lipinski definition) is 0. The van der Waals surface area contributed by atoms with E-state index in [1.54, 1.807) is 0 Å². The Kier molecular flexibility index (Phi) is 45.7. The Balaban J connectivity index is 4.31. The maximum Gasteiger partial charge on any atom is 0.306 e. The molecule has 0 N–H and O–H groups in total. The van der Waals surface area contributed by atoms with Crippen LogP contribution in [0.3, 0.4) is 0 Å². The molecule has 0 spiro atoms. The van der Waals surface area contributed by atoms with Gasteiger partial charge in [0, 0.05) is 19.3 Å². The van der Waals surface area contributed by atoms with Crippen molar-refractivity contribution in [2.24, 2.45) is 11.8 Å². The third-order valence-corrected chi connectivity index (χ3v) is 12.2. The van der Waals surface area contributed by atoms with Gasteiger partial charge in [0.2, 0.25) is 0 Å². The van der Waals surface area contributed by atoms with Crippen molar-refractivity contribution < 1.29 is 28.6 Å². The van der Waals surface area contributed by atoms with E-state index in [1.807, 2.05) is 0 Å². The zero-order valence-corrected chi connectivity index (χ0v) is 41.1. The van der Waals surface area contributed by atoms with Crippen molar-refractivity contribution in [3.63, 3.8) is 0 Å². The first-order chi connectivity index (χ1) is 29.2. The highest BCUT2D eigenvalue weighted by atomic mass is 16.6. The Bertz CT molecular complexity index is 916. The topological polar surface area (TPSA) is 78.9 Å². The predicted molar refractivity (Wildman–Crippen MR) is 256 cm³/mol. The third-order valence-electron chi connectivity index (χ3n) is 12.2. The van der Waals surface area contributed by atoms with Crippen molar-refractivity contribution in [3.8, 4) is 0 Å². The van der Waals surface area contributed by atoms with Gasteiger partial charge in [0.1, 0.15) is 13.2 Å². The first-order valence-corrected chi connectivity index (χ1v) is 26.7. The molecule has 6 nitrogen and oxygen atoms in total. The van der Waals surface area contributed by atoms with Crippen LogP contribution < -0.4 is 0 Å². The van der Waals surface area contributed by atoms with E-state index in [0.717, 1.165) is 69.6 Å². The van der Waals surface area contributed by atoms with E-state index in [-0.39, 0.29) is 31.1 Å². The van der Waals surface area contributed by atoms with Gasteiger partial charge >= 0.3 is 17.9 Å². The van der Waals surface area contributed by atoms with E-state index in [9.17, 15) is 14.4 Å². The quantitative estimate of drug-likeness (QED) is 0.0345. The highest BCUT2D eigenvalue weighted by molar-refractivity contribution is 5.71. The fraction of sp³-hybridized carbons (Fsp3) is 0.944. The lowest BCUT2D eigenvalue weighted by Crippen LogP contribution is -2.30. The Labute approximate surface area is 374 Å². The molecule has 0 radical (unpaired) electrons. The second-order valence-corrected chi connectivity index (χ2v) is 19.5. The number of carbonyl (C=O) groups excluding carboxylic acids is 3. The maximum atomic E-state index is 12.8. The summed E-state index contributed by atoms with van der Waals surface area (Å²) in [5, 5.41) is 0. The molecule has 0 aromatic heterocycles. The van der Waals surface area contributed by atoms with Crippen LogP contribution in [0.25, 0.3) is 0 Å². The Morgan fingerprint density at radius 2 is 0.550 bits per heavy atom. The molecule has 0 aliphatic heterocycles. The summed E-state index contributed by atoms with van der Waals surface area (Å²) < 4.78 is 16.8. The van der Waals surface area contributed by atoms with Crippen LogP contribution >= 0.6 is 0 Å². The number of esters is 3. The van der Waals surface area contributed by atoms with Crippen LogP contribution in [-0.4, -0.2) is 37.2 Å². The first kappa shape index (κ1) is 58.4. The summed E-state index contributed by atoms with van der Waals surface area (Å²) in [6.07, 6.45) is 48.0. The van der Waals surface area contributed by atoms with E-state index < -0.39 is 6.10 Å². The average molecular weight is 849 g/mol. The summed E-state index contributed by atoms with van der Waals surface area (Å²) in [7, 11) is 0. The number of carbonyl (C=O) groups is 3. The van der Waals surface area contributed by atoms with E-state index >= 15 is 0 Å². The molecule has 1 atom stereocenters. The Hall–Kier alpha value is -1.59. The fourth-order valence-electron chi connectivity index (χ4n) is 8.17. The number of rotatable bonds is 48. The lowest BCUT2D eigenvalue weighted by molar-refractivity contribution is -0.167. The second kappa shape index (κ2) is 46.9. The van der Waals surface area contributed by atoms with E-state index in [2.05, 4.69) is 34.6 Å². The molecule has 0 aromatic carbocycles. The zero-order valence-electron chi connectivity index (χ0n) is 41.1. The van der Waals surface area contributed by atoms with Crippen molar-refractivity contribution in [2.45, 2.75) is 304 Å². The molecular weight excluding hydrogens is 745 g/mol. The molecule has 6 heteroatoms. The van der Waals surface area contributed by atoms with E-state index in [0.29, 0.717) is 19.3 Å². The average Bonchev–Trinajstić information content (AvgIpc) is 3.22. The van der Waals surface area contributed by atoms with Crippen molar-refractivity contribution in [1.29, 1.82) is 0 Å². The van der Waals surface area contributed by atoms with Crippen LogP contribution in [0.4, 0.5) is 0 Å². The highest BCUT2D eigenvalue weighted by Gasteiger charge is 2.19. The van der Waals surface area contributed by atoms with Crippen molar-refractivity contribution in [3.05, 3.63) is 0 Å². The Morgan fingerprint density at radius 3 is 0.817 bits per heavy atom.